The zero-order chi connectivity index (χ0) is 13.7. The van der Waals surface area contributed by atoms with Gasteiger partial charge in [-0.3, -0.25) is 4.90 Å². The summed E-state index contributed by atoms with van der Waals surface area (Å²) in [5.41, 5.74) is 0. The van der Waals surface area contributed by atoms with Crippen LogP contribution in [0.5, 0.6) is 0 Å². The Morgan fingerprint density at radius 2 is 2.37 bits per heavy atom. The molecule has 0 spiro atoms. The van der Waals surface area contributed by atoms with Crippen LogP contribution in [-0.2, 0) is 11.3 Å². The van der Waals surface area contributed by atoms with Crippen molar-refractivity contribution in [3.05, 3.63) is 21.9 Å². The molecule has 1 fully saturated rings. The monoisotopic (exact) mass is 279 g/mol. The summed E-state index contributed by atoms with van der Waals surface area (Å²) in [4.78, 5) is 4.80. The molecule has 0 bridgehead atoms. The molecule has 2 heterocycles. The molecule has 0 saturated carbocycles. The van der Waals surface area contributed by atoms with E-state index in [1.54, 1.807) is 18.4 Å². The van der Waals surface area contributed by atoms with Crippen LogP contribution >= 0.6 is 11.3 Å². The Balaban J connectivity index is 1.92. The number of thiophene rings is 1. The molecule has 1 aliphatic heterocycles. The van der Waals surface area contributed by atoms with Gasteiger partial charge in [0.05, 0.1) is 11.0 Å². The first-order chi connectivity index (χ1) is 9.22. The quantitative estimate of drug-likeness (QED) is 0.859. The van der Waals surface area contributed by atoms with Crippen molar-refractivity contribution in [1.82, 2.24) is 4.90 Å². The van der Waals surface area contributed by atoms with E-state index in [-0.39, 0.29) is 6.61 Å². The highest BCUT2D eigenvalue weighted by molar-refractivity contribution is 7.12. The molecule has 1 N–H and O–H groups in total. The Morgan fingerprint density at radius 1 is 1.53 bits per heavy atom. The summed E-state index contributed by atoms with van der Waals surface area (Å²) in [5.74, 6) is 6.29. The van der Waals surface area contributed by atoms with Crippen molar-refractivity contribution in [2.24, 2.45) is 5.92 Å². The summed E-state index contributed by atoms with van der Waals surface area (Å²) >= 11 is 1.71. The SMILES string of the molecule is COC1CN(Cc2ccc(C#CCO)s2)CCC1C. The Hall–Kier alpha value is -0.860. The number of hydrogen-bond acceptors (Lipinski definition) is 4. The molecule has 0 aliphatic carbocycles. The first kappa shape index (κ1) is 14.5. The number of aliphatic hydroxyl groups is 1. The molecular formula is C15H21NO2S. The molecule has 1 aromatic rings. The summed E-state index contributed by atoms with van der Waals surface area (Å²) in [6, 6.07) is 4.16. The molecule has 0 radical (unpaired) electrons. The lowest BCUT2D eigenvalue weighted by Crippen LogP contribution is -2.43. The molecule has 1 aromatic heterocycles. The molecule has 2 atom stereocenters. The Morgan fingerprint density at radius 3 is 3.11 bits per heavy atom. The Bertz CT molecular complexity index is 460. The number of rotatable bonds is 3. The molecule has 19 heavy (non-hydrogen) atoms. The van der Waals surface area contributed by atoms with Crippen LogP contribution in [0.15, 0.2) is 12.1 Å². The maximum atomic E-state index is 8.69. The van der Waals surface area contributed by atoms with E-state index in [0.717, 1.165) is 24.5 Å². The van der Waals surface area contributed by atoms with Crippen molar-refractivity contribution in [3.63, 3.8) is 0 Å². The third-order valence-corrected chi connectivity index (χ3v) is 4.59. The number of ether oxygens (including phenoxy) is 1. The highest BCUT2D eigenvalue weighted by Crippen LogP contribution is 2.23. The van der Waals surface area contributed by atoms with Gasteiger partial charge in [-0.25, -0.2) is 0 Å². The van der Waals surface area contributed by atoms with Gasteiger partial charge >= 0.3 is 0 Å². The Labute approximate surface area is 119 Å². The van der Waals surface area contributed by atoms with Crippen molar-refractivity contribution >= 4 is 11.3 Å². The smallest absolute Gasteiger partial charge is 0.104 e. The standard InChI is InChI=1S/C15H21NO2S/c1-12-7-8-16(11-15(12)18-2)10-14-6-5-13(19-14)4-3-9-17/h5-6,12,15,17H,7-11H2,1-2H3. The fourth-order valence-electron chi connectivity index (χ4n) is 2.43. The summed E-state index contributed by atoms with van der Waals surface area (Å²) in [7, 11) is 1.80. The number of methoxy groups -OCH3 is 1. The van der Waals surface area contributed by atoms with Gasteiger partial charge in [0.2, 0.25) is 0 Å². The van der Waals surface area contributed by atoms with Crippen LogP contribution in [0, 0.1) is 17.8 Å². The Kier molecular flexibility index (Phi) is 5.41. The minimum Gasteiger partial charge on any atom is -0.384 e. The molecule has 1 aliphatic rings. The average molecular weight is 279 g/mol. The van der Waals surface area contributed by atoms with E-state index in [1.807, 2.05) is 6.07 Å². The van der Waals surface area contributed by atoms with Gasteiger partial charge < -0.3 is 9.84 Å². The third-order valence-electron chi connectivity index (χ3n) is 3.61. The van der Waals surface area contributed by atoms with Gasteiger partial charge in [0, 0.05) is 25.1 Å². The van der Waals surface area contributed by atoms with Gasteiger partial charge in [-0.2, -0.15) is 0 Å². The molecule has 2 unspecified atom stereocenters. The molecule has 3 nitrogen and oxygen atoms in total. The summed E-state index contributed by atoms with van der Waals surface area (Å²) in [6.07, 6.45) is 1.54. The van der Waals surface area contributed by atoms with Crippen LogP contribution < -0.4 is 0 Å². The van der Waals surface area contributed by atoms with E-state index in [4.69, 9.17) is 9.84 Å². The van der Waals surface area contributed by atoms with Crippen LogP contribution in [0.25, 0.3) is 0 Å². The van der Waals surface area contributed by atoms with Crippen molar-refractivity contribution < 1.29 is 9.84 Å². The lowest BCUT2D eigenvalue weighted by Gasteiger charge is -2.35. The highest BCUT2D eigenvalue weighted by Gasteiger charge is 2.25. The predicted octanol–water partition coefficient (Wildman–Crippen LogP) is 1.95. The average Bonchev–Trinajstić information content (AvgIpc) is 2.86. The number of piperidine rings is 1. The van der Waals surface area contributed by atoms with E-state index >= 15 is 0 Å². The maximum Gasteiger partial charge on any atom is 0.104 e. The van der Waals surface area contributed by atoms with Crippen LogP contribution in [0.3, 0.4) is 0 Å². The molecule has 1 saturated heterocycles. The number of hydrogen-bond donors (Lipinski definition) is 1. The molecule has 2 rings (SSSR count). The van der Waals surface area contributed by atoms with Crippen molar-refractivity contribution in [2.45, 2.75) is 26.0 Å². The lowest BCUT2D eigenvalue weighted by molar-refractivity contribution is -0.00716. The number of aliphatic hydroxyl groups excluding tert-OH is 1. The van der Waals surface area contributed by atoms with Crippen molar-refractivity contribution in [1.29, 1.82) is 0 Å². The van der Waals surface area contributed by atoms with E-state index in [9.17, 15) is 0 Å². The lowest BCUT2D eigenvalue weighted by atomic mass is 9.96. The van der Waals surface area contributed by atoms with E-state index in [1.165, 1.54) is 11.3 Å². The minimum atomic E-state index is -0.0766. The fourth-order valence-corrected chi connectivity index (χ4v) is 3.35. The zero-order valence-corrected chi connectivity index (χ0v) is 12.4. The van der Waals surface area contributed by atoms with Crippen LogP contribution in [-0.4, -0.2) is 42.9 Å². The van der Waals surface area contributed by atoms with E-state index < -0.39 is 0 Å². The molecule has 0 aromatic carbocycles. The minimum absolute atomic E-state index is 0.0766. The second kappa shape index (κ2) is 7.06. The summed E-state index contributed by atoms with van der Waals surface area (Å²) < 4.78 is 5.54. The van der Waals surface area contributed by atoms with Gasteiger partial charge in [0.15, 0.2) is 0 Å². The summed E-state index contributed by atoms with van der Waals surface area (Å²) in [6.45, 7) is 5.30. The fraction of sp³-hybridized carbons (Fsp3) is 0.600. The predicted molar refractivity (Wildman–Crippen MR) is 78.1 cm³/mol. The summed E-state index contributed by atoms with van der Waals surface area (Å²) in [5, 5.41) is 8.69. The highest BCUT2D eigenvalue weighted by atomic mass is 32.1. The molecule has 0 amide bonds. The van der Waals surface area contributed by atoms with Gasteiger partial charge in [0.25, 0.3) is 0 Å². The van der Waals surface area contributed by atoms with Crippen LogP contribution in [0.2, 0.25) is 0 Å². The maximum absolute atomic E-state index is 8.69. The van der Waals surface area contributed by atoms with E-state index in [2.05, 4.69) is 29.7 Å². The molecule has 104 valence electrons. The van der Waals surface area contributed by atoms with Crippen molar-refractivity contribution in [2.75, 3.05) is 26.8 Å². The number of nitrogens with zero attached hydrogens (tertiary/aromatic N) is 1. The van der Waals surface area contributed by atoms with Gasteiger partial charge in [-0.05, 0) is 31.0 Å². The first-order valence-corrected chi connectivity index (χ1v) is 7.48. The zero-order valence-electron chi connectivity index (χ0n) is 11.6. The van der Waals surface area contributed by atoms with Crippen molar-refractivity contribution in [3.8, 4) is 11.8 Å². The number of likely N-dealkylation sites (tertiary alicyclic amines) is 1. The van der Waals surface area contributed by atoms with Crippen LogP contribution in [0.1, 0.15) is 23.1 Å². The third kappa shape index (κ3) is 4.05. The second-order valence-electron chi connectivity index (χ2n) is 5.00. The van der Waals surface area contributed by atoms with Gasteiger partial charge in [0.1, 0.15) is 6.61 Å². The first-order valence-electron chi connectivity index (χ1n) is 6.66. The van der Waals surface area contributed by atoms with Gasteiger partial charge in [-0.1, -0.05) is 18.8 Å². The van der Waals surface area contributed by atoms with Gasteiger partial charge in [-0.15, -0.1) is 11.3 Å². The second-order valence-corrected chi connectivity index (χ2v) is 6.17. The normalized spacial score (nSPS) is 23.9. The molecular weight excluding hydrogens is 258 g/mol. The van der Waals surface area contributed by atoms with E-state index in [0.29, 0.717) is 12.0 Å². The van der Waals surface area contributed by atoms with Crippen LogP contribution in [0.4, 0.5) is 0 Å². The molecule has 4 heteroatoms. The topological polar surface area (TPSA) is 32.7 Å². The largest absolute Gasteiger partial charge is 0.384 e.